The van der Waals surface area contributed by atoms with Crippen LogP contribution in [0.5, 0.6) is 17.2 Å². The summed E-state index contributed by atoms with van der Waals surface area (Å²) in [6, 6.07) is 18.0. The lowest BCUT2D eigenvalue weighted by atomic mass is 9.85. The first-order chi connectivity index (χ1) is 18.3. The number of fused-ring (bicyclic) bond motifs is 1. The summed E-state index contributed by atoms with van der Waals surface area (Å²) in [4.78, 5) is 2.46. The molecule has 1 saturated heterocycles. The van der Waals surface area contributed by atoms with Gasteiger partial charge < -0.3 is 14.6 Å². The molecule has 0 aliphatic carbocycles. The second kappa shape index (κ2) is 10.7. The molecule has 0 saturated carbocycles. The van der Waals surface area contributed by atoms with Crippen LogP contribution in [-0.4, -0.2) is 35.7 Å². The van der Waals surface area contributed by atoms with Gasteiger partial charge in [-0.25, -0.2) is 4.39 Å². The zero-order chi connectivity index (χ0) is 27.0. The highest BCUT2D eigenvalue weighted by Gasteiger charge is 2.33. The molecule has 196 valence electrons. The number of nitrogens with zero attached hydrogens (tertiary/aromatic N) is 2. The normalized spacial score (nSPS) is 20.0. The summed E-state index contributed by atoms with van der Waals surface area (Å²) in [5, 5.41) is 19.7. The van der Waals surface area contributed by atoms with Gasteiger partial charge in [-0.2, -0.15) is 5.26 Å². The lowest BCUT2D eigenvalue weighted by Crippen LogP contribution is -2.35. The van der Waals surface area contributed by atoms with E-state index in [-0.39, 0.29) is 5.56 Å². The predicted molar refractivity (Wildman–Crippen MR) is 147 cm³/mol. The molecule has 5 rings (SSSR count). The van der Waals surface area contributed by atoms with Crippen LogP contribution >= 0.6 is 11.6 Å². The quantitative estimate of drug-likeness (QED) is 0.363. The maximum absolute atomic E-state index is 15.0. The van der Waals surface area contributed by atoms with Crippen molar-refractivity contribution in [3.8, 4) is 23.3 Å². The monoisotopic (exact) mass is 532 g/mol. The van der Waals surface area contributed by atoms with Crippen LogP contribution < -0.4 is 9.47 Å². The second-order valence-electron chi connectivity index (χ2n) is 10.2. The number of benzene rings is 3. The molecule has 3 aromatic carbocycles. The van der Waals surface area contributed by atoms with Crippen molar-refractivity contribution in [2.24, 2.45) is 5.92 Å². The standard InChI is InChI=1S/C31H30ClFN2O3/c1-18-12-13-35(16-18)19(2)17-37-23-7-5-22(6-8-23)31-28(24-9-4-21(15-34)14-25(24)32)20(3)29-27(38-31)11-10-26(36)30(29)33/h4-11,14,18-19,31,36H,12-13,16-17H2,1-3H3. The Bertz CT molecular complexity index is 1430. The van der Waals surface area contributed by atoms with Crippen molar-refractivity contribution in [1.82, 2.24) is 4.90 Å². The molecular formula is C31H30ClFN2O3. The molecule has 0 amide bonds. The van der Waals surface area contributed by atoms with Crippen molar-refractivity contribution in [1.29, 1.82) is 5.26 Å². The number of aromatic hydroxyl groups is 1. The zero-order valence-electron chi connectivity index (χ0n) is 21.7. The van der Waals surface area contributed by atoms with Gasteiger partial charge in [-0.05, 0) is 80.3 Å². The fourth-order valence-corrected chi connectivity index (χ4v) is 5.61. The molecule has 3 atom stereocenters. The summed E-state index contributed by atoms with van der Waals surface area (Å²) in [7, 11) is 0. The van der Waals surface area contributed by atoms with E-state index in [1.807, 2.05) is 24.3 Å². The van der Waals surface area contributed by atoms with E-state index >= 15 is 4.39 Å². The Kier molecular flexibility index (Phi) is 7.34. The Labute approximate surface area is 227 Å². The van der Waals surface area contributed by atoms with Gasteiger partial charge in [0.2, 0.25) is 0 Å². The Morgan fingerprint density at radius 2 is 1.97 bits per heavy atom. The smallest absolute Gasteiger partial charge is 0.176 e. The maximum Gasteiger partial charge on any atom is 0.176 e. The molecule has 38 heavy (non-hydrogen) atoms. The van der Waals surface area contributed by atoms with E-state index < -0.39 is 17.7 Å². The Balaban J connectivity index is 1.47. The first kappa shape index (κ1) is 26.1. The lowest BCUT2D eigenvalue weighted by molar-refractivity contribution is 0.169. The van der Waals surface area contributed by atoms with Gasteiger partial charge in [-0.3, -0.25) is 4.90 Å². The number of phenolic OH excluding ortho intramolecular Hbond substituents is 1. The second-order valence-corrected chi connectivity index (χ2v) is 10.6. The summed E-state index contributed by atoms with van der Waals surface area (Å²) in [5.41, 5.74) is 3.37. The molecule has 7 heteroatoms. The van der Waals surface area contributed by atoms with Crippen molar-refractivity contribution in [3.05, 3.63) is 87.7 Å². The van der Waals surface area contributed by atoms with Crippen molar-refractivity contribution in [3.63, 3.8) is 0 Å². The molecule has 3 aromatic rings. The van der Waals surface area contributed by atoms with Crippen molar-refractivity contribution in [2.45, 2.75) is 39.3 Å². The number of ether oxygens (including phenoxy) is 2. The van der Waals surface area contributed by atoms with Gasteiger partial charge in [0.05, 0.1) is 17.2 Å². The highest BCUT2D eigenvalue weighted by Crippen LogP contribution is 2.49. The molecular weight excluding hydrogens is 503 g/mol. The van der Waals surface area contributed by atoms with E-state index in [0.717, 1.165) is 30.3 Å². The molecule has 1 fully saturated rings. The number of phenols is 1. The van der Waals surface area contributed by atoms with Crippen LogP contribution in [-0.2, 0) is 0 Å². The number of likely N-dealkylation sites (tertiary alicyclic amines) is 1. The molecule has 0 bridgehead atoms. The minimum absolute atomic E-state index is 0.196. The Morgan fingerprint density at radius 3 is 2.63 bits per heavy atom. The molecule has 2 aliphatic rings. The van der Waals surface area contributed by atoms with Crippen LogP contribution in [0, 0.1) is 23.1 Å². The zero-order valence-corrected chi connectivity index (χ0v) is 22.4. The molecule has 3 unspecified atom stereocenters. The first-order valence-electron chi connectivity index (χ1n) is 12.8. The van der Waals surface area contributed by atoms with Crippen LogP contribution in [0.25, 0.3) is 11.1 Å². The number of rotatable bonds is 6. The molecule has 0 radical (unpaired) electrons. The SMILES string of the molecule is CC1=C(c2ccc(C#N)cc2Cl)C(c2ccc(OCC(C)N3CCC(C)C3)cc2)Oc2ccc(O)c(F)c21. The van der Waals surface area contributed by atoms with Crippen LogP contribution in [0.2, 0.25) is 5.02 Å². The fourth-order valence-electron chi connectivity index (χ4n) is 5.32. The van der Waals surface area contributed by atoms with Gasteiger partial charge in [-0.1, -0.05) is 36.7 Å². The van der Waals surface area contributed by atoms with E-state index in [4.69, 9.17) is 21.1 Å². The molecule has 2 heterocycles. The lowest BCUT2D eigenvalue weighted by Gasteiger charge is -2.32. The number of nitriles is 1. The summed E-state index contributed by atoms with van der Waals surface area (Å²) in [6.07, 6.45) is 0.641. The highest BCUT2D eigenvalue weighted by molar-refractivity contribution is 6.33. The molecule has 1 N–H and O–H groups in total. The third kappa shape index (κ3) is 4.97. The third-order valence-corrected chi connectivity index (χ3v) is 7.82. The van der Waals surface area contributed by atoms with E-state index in [1.165, 1.54) is 12.5 Å². The number of allylic oxidation sites excluding steroid dienone is 1. The van der Waals surface area contributed by atoms with Gasteiger partial charge in [0.15, 0.2) is 11.6 Å². The van der Waals surface area contributed by atoms with Gasteiger partial charge >= 0.3 is 0 Å². The van der Waals surface area contributed by atoms with Crippen LogP contribution in [0.15, 0.2) is 54.6 Å². The van der Waals surface area contributed by atoms with Crippen molar-refractivity contribution < 1.29 is 19.0 Å². The predicted octanol–water partition coefficient (Wildman–Crippen LogP) is 7.23. The topological polar surface area (TPSA) is 65.7 Å². The largest absolute Gasteiger partial charge is 0.505 e. The number of hydrogen-bond acceptors (Lipinski definition) is 5. The highest BCUT2D eigenvalue weighted by atomic mass is 35.5. The van der Waals surface area contributed by atoms with E-state index in [0.29, 0.717) is 45.7 Å². The minimum Gasteiger partial charge on any atom is -0.505 e. The summed E-state index contributed by atoms with van der Waals surface area (Å²) < 4.78 is 27.5. The van der Waals surface area contributed by atoms with Crippen LogP contribution in [0.3, 0.4) is 0 Å². The first-order valence-corrected chi connectivity index (χ1v) is 13.2. The average Bonchev–Trinajstić information content (AvgIpc) is 3.36. The van der Waals surface area contributed by atoms with Gasteiger partial charge in [0, 0.05) is 28.7 Å². The van der Waals surface area contributed by atoms with Gasteiger partial charge in [0.1, 0.15) is 24.2 Å². The fraction of sp³-hybridized carbons (Fsp3) is 0.323. The number of halogens is 2. The summed E-state index contributed by atoms with van der Waals surface area (Å²) in [5.74, 6) is 0.634. The van der Waals surface area contributed by atoms with E-state index in [2.05, 4.69) is 24.8 Å². The minimum atomic E-state index is -0.744. The van der Waals surface area contributed by atoms with Crippen LogP contribution in [0.1, 0.15) is 55.5 Å². The van der Waals surface area contributed by atoms with Crippen molar-refractivity contribution in [2.75, 3.05) is 19.7 Å². The Hall–Kier alpha value is -3.53. The average molecular weight is 533 g/mol. The molecule has 0 spiro atoms. The summed E-state index contributed by atoms with van der Waals surface area (Å²) >= 11 is 6.61. The molecule has 2 aliphatic heterocycles. The Morgan fingerprint density at radius 1 is 1.21 bits per heavy atom. The van der Waals surface area contributed by atoms with Crippen molar-refractivity contribution >= 4 is 22.7 Å². The van der Waals surface area contributed by atoms with Gasteiger partial charge in [0.25, 0.3) is 0 Å². The molecule has 5 nitrogen and oxygen atoms in total. The van der Waals surface area contributed by atoms with Gasteiger partial charge in [-0.15, -0.1) is 0 Å². The van der Waals surface area contributed by atoms with E-state index in [1.54, 1.807) is 31.2 Å². The summed E-state index contributed by atoms with van der Waals surface area (Å²) in [6.45, 7) is 9.08. The van der Waals surface area contributed by atoms with Crippen LogP contribution in [0.4, 0.5) is 4.39 Å². The maximum atomic E-state index is 15.0. The van der Waals surface area contributed by atoms with E-state index in [9.17, 15) is 10.4 Å². The third-order valence-electron chi connectivity index (χ3n) is 7.51. The molecule has 0 aromatic heterocycles. The number of hydrogen-bond donors (Lipinski definition) is 1.